The fraction of sp³-hybridized carbons (Fsp3) is 0.364. The predicted octanol–water partition coefficient (Wildman–Crippen LogP) is 1.50. The van der Waals surface area contributed by atoms with Gasteiger partial charge in [-0.3, -0.25) is 0 Å². The molecule has 0 saturated carbocycles. The van der Waals surface area contributed by atoms with E-state index >= 15 is 0 Å². The van der Waals surface area contributed by atoms with Gasteiger partial charge in [0.1, 0.15) is 11.9 Å². The second kappa shape index (κ2) is 4.09. The molecule has 76 valence electrons. The molecule has 2 heterocycles. The van der Waals surface area contributed by atoms with E-state index in [2.05, 4.69) is 27.9 Å². The fourth-order valence-corrected chi connectivity index (χ4v) is 1.52. The molecule has 0 radical (unpaired) electrons. The molecule has 4 nitrogen and oxygen atoms in total. The number of aromatic nitrogens is 2. The smallest absolute Gasteiger partial charge is 0.158 e. The first-order valence-electron chi connectivity index (χ1n) is 4.92. The first-order valence-corrected chi connectivity index (χ1v) is 4.92. The summed E-state index contributed by atoms with van der Waals surface area (Å²) >= 11 is 0. The van der Waals surface area contributed by atoms with Crippen LogP contribution in [0.1, 0.15) is 19.0 Å². The van der Waals surface area contributed by atoms with Crippen LogP contribution >= 0.6 is 0 Å². The van der Waals surface area contributed by atoms with Gasteiger partial charge in [-0.05, 0) is 13.3 Å². The van der Waals surface area contributed by atoms with Gasteiger partial charge in [0.05, 0.1) is 12.4 Å². The highest BCUT2D eigenvalue weighted by Gasteiger charge is 2.11. The van der Waals surface area contributed by atoms with Crippen LogP contribution < -0.4 is 4.90 Å². The van der Waals surface area contributed by atoms with Crippen molar-refractivity contribution in [2.24, 2.45) is 0 Å². The molecule has 0 aromatic carbocycles. The van der Waals surface area contributed by atoms with E-state index in [1.807, 2.05) is 6.07 Å². The molecule has 0 aliphatic carbocycles. The number of nitriles is 1. The van der Waals surface area contributed by atoms with Gasteiger partial charge in [-0.25, -0.2) is 9.97 Å². The topological polar surface area (TPSA) is 52.8 Å². The first-order chi connectivity index (χ1) is 7.29. The average Bonchev–Trinajstić information content (AvgIpc) is 2.30. The lowest BCUT2D eigenvalue weighted by atomic mass is 10.1. The Morgan fingerprint density at radius 2 is 2.27 bits per heavy atom. The van der Waals surface area contributed by atoms with Gasteiger partial charge in [0.15, 0.2) is 5.69 Å². The summed E-state index contributed by atoms with van der Waals surface area (Å²) in [4.78, 5) is 10.4. The Hall–Kier alpha value is -1.89. The van der Waals surface area contributed by atoms with E-state index in [0.717, 1.165) is 25.3 Å². The van der Waals surface area contributed by atoms with E-state index < -0.39 is 0 Å². The number of hydrogen-bond donors (Lipinski definition) is 0. The molecule has 1 aliphatic heterocycles. The second-order valence-electron chi connectivity index (χ2n) is 3.62. The first kappa shape index (κ1) is 9.66. The lowest BCUT2D eigenvalue weighted by Gasteiger charge is -2.25. The fourth-order valence-electron chi connectivity index (χ4n) is 1.52. The zero-order valence-electron chi connectivity index (χ0n) is 8.64. The van der Waals surface area contributed by atoms with Crippen LogP contribution in [0.5, 0.6) is 0 Å². The summed E-state index contributed by atoms with van der Waals surface area (Å²) in [6, 6.07) is 1.96. The molecular formula is C11H12N4. The maximum atomic E-state index is 8.60. The zero-order chi connectivity index (χ0) is 10.7. The van der Waals surface area contributed by atoms with E-state index in [1.165, 1.54) is 11.8 Å². The Morgan fingerprint density at radius 1 is 1.40 bits per heavy atom. The molecule has 2 rings (SSSR count). The zero-order valence-corrected chi connectivity index (χ0v) is 8.64. The van der Waals surface area contributed by atoms with E-state index in [0.29, 0.717) is 5.69 Å². The van der Waals surface area contributed by atoms with Crippen molar-refractivity contribution in [3.05, 3.63) is 29.7 Å². The highest BCUT2D eigenvalue weighted by atomic mass is 15.2. The maximum Gasteiger partial charge on any atom is 0.158 e. The Morgan fingerprint density at radius 3 is 2.80 bits per heavy atom. The van der Waals surface area contributed by atoms with Gasteiger partial charge >= 0.3 is 0 Å². The lowest BCUT2D eigenvalue weighted by Crippen LogP contribution is -2.28. The highest BCUT2D eigenvalue weighted by molar-refractivity contribution is 5.39. The highest BCUT2D eigenvalue weighted by Crippen LogP contribution is 2.15. The number of hydrogen-bond acceptors (Lipinski definition) is 4. The van der Waals surface area contributed by atoms with Gasteiger partial charge in [0.2, 0.25) is 0 Å². The summed E-state index contributed by atoms with van der Waals surface area (Å²) in [5.41, 5.74) is 1.79. The molecular weight excluding hydrogens is 188 g/mol. The summed E-state index contributed by atoms with van der Waals surface area (Å²) in [5.74, 6) is 0.845. The molecule has 0 atom stereocenters. The summed E-state index contributed by atoms with van der Waals surface area (Å²) < 4.78 is 0. The Bertz CT molecular complexity index is 413. The minimum atomic E-state index is 0.363. The quantitative estimate of drug-likeness (QED) is 0.645. The summed E-state index contributed by atoms with van der Waals surface area (Å²) in [6.45, 7) is 4.00. The number of rotatable bonds is 1. The molecule has 4 heteroatoms. The molecule has 0 bridgehead atoms. The molecule has 0 N–H and O–H groups in total. The van der Waals surface area contributed by atoms with E-state index in [-0.39, 0.29) is 0 Å². The third-order valence-corrected chi connectivity index (χ3v) is 2.51. The van der Waals surface area contributed by atoms with Gasteiger partial charge in [-0.2, -0.15) is 5.26 Å². The van der Waals surface area contributed by atoms with Crippen LogP contribution in [-0.2, 0) is 0 Å². The molecule has 1 aromatic rings. The largest absolute Gasteiger partial charge is 0.351 e. The molecule has 15 heavy (non-hydrogen) atoms. The Kier molecular flexibility index (Phi) is 2.64. The molecule has 1 aliphatic rings. The maximum absolute atomic E-state index is 8.60. The van der Waals surface area contributed by atoms with Crippen molar-refractivity contribution < 1.29 is 0 Å². The van der Waals surface area contributed by atoms with Crippen molar-refractivity contribution in [1.29, 1.82) is 5.26 Å². The standard InChI is InChI=1S/C11H12N4/c1-9-2-4-15(5-3-9)11-8-13-10(6-12)7-14-11/h2,7-8H,3-5H2,1H3. The molecule has 0 unspecified atom stereocenters. The van der Waals surface area contributed by atoms with E-state index in [1.54, 1.807) is 6.20 Å². The van der Waals surface area contributed by atoms with Crippen LogP contribution in [0.15, 0.2) is 24.0 Å². The number of anilines is 1. The van der Waals surface area contributed by atoms with Crippen molar-refractivity contribution in [3.63, 3.8) is 0 Å². The predicted molar refractivity (Wildman–Crippen MR) is 57.3 cm³/mol. The van der Waals surface area contributed by atoms with Crippen molar-refractivity contribution in [1.82, 2.24) is 9.97 Å². The molecule has 1 aromatic heterocycles. The summed E-state index contributed by atoms with van der Waals surface area (Å²) in [5, 5.41) is 8.60. The third kappa shape index (κ3) is 2.13. The van der Waals surface area contributed by atoms with Gasteiger partial charge in [-0.15, -0.1) is 0 Å². The van der Waals surface area contributed by atoms with E-state index in [9.17, 15) is 0 Å². The van der Waals surface area contributed by atoms with Crippen LogP contribution in [0.2, 0.25) is 0 Å². The normalized spacial score (nSPS) is 15.7. The van der Waals surface area contributed by atoms with Crippen LogP contribution in [0.4, 0.5) is 5.82 Å². The van der Waals surface area contributed by atoms with Crippen LogP contribution in [-0.4, -0.2) is 23.1 Å². The van der Waals surface area contributed by atoms with Crippen LogP contribution in [0.25, 0.3) is 0 Å². The molecule has 0 saturated heterocycles. The van der Waals surface area contributed by atoms with Crippen molar-refractivity contribution in [3.8, 4) is 6.07 Å². The van der Waals surface area contributed by atoms with Crippen LogP contribution in [0.3, 0.4) is 0 Å². The average molecular weight is 200 g/mol. The van der Waals surface area contributed by atoms with Gasteiger partial charge < -0.3 is 4.90 Å². The van der Waals surface area contributed by atoms with Gasteiger partial charge in [0.25, 0.3) is 0 Å². The van der Waals surface area contributed by atoms with Gasteiger partial charge in [0, 0.05) is 13.1 Å². The van der Waals surface area contributed by atoms with Crippen molar-refractivity contribution >= 4 is 5.82 Å². The van der Waals surface area contributed by atoms with Crippen molar-refractivity contribution in [2.75, 3.05) is 18.0 Å². The molecule has 0 fully saturated rings. The third-order valence-electron chi connectivity index (χ3n) is 2.51. The summed E-state index contributed by atoms with van der Waals surface area (Å²) in [7, 11) is 0. The second-order valence-corrected chi connectivity index (χ2v) is 3.62. The Balaban J connectivity index is 2.14. The summed E-state index contributed by atoms with van der Waals surface area (Å²) in [6.07, 6.45) is 6.44. The minimum Gasteiger partial charge on any atom is -0.351 e. The van der Waals surface area contributed by atoms with Crippen molar-refractivity contribution in [2.45, 2.75) is 13.3 Å². The van der Waals surface area contributed by atoms with Crippen LogP contribution in [0, 0.1) is 11.3 Å². The minimum absolute atomic E-state index is 0.363. The van der Waals surface area contributed by atoms with E-state index in [4.69, 9.17) is 5.26 Å². The molecule has 0 amide bonds. The molecule has 0 spiro atoms. The Labute approximate surface area is 88.9 Å². The monoisotopic (exact) mass is 200 g/mol. The lowest BCUT2D eigenvalue weighted by molar-refractivity contribution is 0.772. The van der Waals surface area contributed by atoms with Gasteiger partial charge in [-0.1, -0.05) is 11.6 Å². The number of nitrogens with zero attached hydrogens (tertiary/aromatic N) is 4. The SMILES string of the molecule is CC1=CCN(c2cnc(C#N)cn2)CC1.